The fourth-order valence-electron chi connectivity index (χ4n) is 4.59. The lowest BCUT2D eigenvalue weighted by atomic mass is 9.99. The largest absolute Gasteiger partial charge is 0.486 e. The number of nitrogens with zero attached hydrogens (tertiary/aromatic N) is 2. The van der Waals surface area contributed by atoms with Crippen LogP contribution in [-0.2, 0) is 13.1 Å². The molecule has 0 aliphatic carbocycles. The van der Waals surface area contributed by atoms with Gasteiger partial charge in [-0.1, -0.05) is 18.2 Å². The van der Waals surface area contributed by atoms with Gasteiger partial charge in [0.15, 0.2) is 11.5 Å². The Bertz CT molecular complexity index is 1410. The first-order valence-corrected chi connectivity index (χ1v) is 10.4. The van der Waals surface area contributed by atoms with Gasteiger partial charge in [-0.15, -0.1) is 0 Å². The Morgan fingerprint density at radius 1 is 1.06 bits per heavy atom. The van der Waals surface area contributed by atoms with E-state index in [1.807, 2.05) is 42.5 Å². The van der Waals surface area contributed by atoms with Crippen LogP contribution in [0.3, 0.4) is 0 Å². The molecule has 4 heterocycles. The third kappa shape index (κ3) is 2.81. The molecule has 7 heteroatoms. The summed E-state index contributed by atoms with van der Waals surface area (Å²) < 4.78 is 13.4. The minimum atomic E-state index is -0.00427. The number of aliphatic hydroxyl groups excluding tert-OH is 1. The van der Waals surface area contributed by atoms with Crippen LogP contribution in [0.1, 0.15) is 11.1 Å². The summed E-state index contributed by atoms with van der Waals surface area (Å²) in [5, 5.41) is 15.1. The molecular weight excluding hydrogens is 394 g/mol. The van der Waals surface area contributed by atoms with Crippen LogP contribution in [0.4, 0.5) is 0 Å². The van der Waals surface area contributed by atoms with Crippen LogP contribution in [-0.4, -0.2) is 41.0 Å². The normalized spacial score (nSPS) is 14.1. The predicted octanol–water partition coefficient (Wildman–Crippen LogP) is 2.43. The Balaban J connectivity index is 1.62. The number of pyridine rings is 2. The lowest BCUT2D eigenvalue weighted by Gasteiger charge is -2.20. The van der Waals surface area contributed by atoms with Crippen molar-refractivity contribution < 1.29 is 14.6 Å². The van der Waals surface area contributed by atoms with E-state index in [9.17, 15) is 9.90 Å². The number of hydrogen-bond acceptors (Lipinski definition) is 6. The number of benzene rings is 2. The molecule has 31 heavy (non-hydrogen) atoms. The number of rotatable bonds is 4. The summed E-state index contributed by atoms with van der Waals surface area (Å²) in [5.74, 6) is 1.40. The second-order valence-electron chi connectivity index (χ2n) is 7.84. The van der Waals surface area contributed by atoms with E-state index in [2.05, 4.69) is 5.32 Å². The van der Waals surface area contributed by atoms with Crippen molar-refractivity contribution >= 4 is 21.7 Å². The maximum absolute atomic E-state index is 13.2. The van der Waals surface area contributed by atoms with Crippen molar-refractivity contribution in [2.75, 3.05) is 26.4 Å². The third-order valence-electron chi connectivity index (χ3n) is 6.04. The fraction of sp³-hybridized carbons (Fsp3) is 0.250. The topological polar surface area (TPSA) is 85.6 Å². The van der Waals surface area contributed by atoms with E-state index < -0.39 is 0 Å². The van der Waals surface area contributed by atoms with Crippen LogP contribution in [0, 0.1) is 0 Å². The predicted molar refractivity (Wildman–Crippen MR) is 118 cm³/mol. The number of aromatic nitrogens is 2. The maximum atomic E-state index is 13.2. The molecule has 0 amide bonds. The summed E-state index contributed by atoms with van der Waals surface area (Å²) in [6.45, 7) is 2.61. The van der Waals surface area contributed by atoms with Gasteiger partial charge in [0.1, 0.15) is 13.2 Å². The van der Waals surface area contributed by atoms with Crippen LogP contribution in [0.5, 0.6) is 11.5 Å². The Morgan fingerprint density at radius 2 is 1.87 bits per heavy atom. The summed E-state index contributed by atoms with van der Waals surface area (Å²) in [6.07, 6.45) is 0. The Labute approximate surface area is 177 Å². The van der Waals surface area contributed by atoms with E-state index in [0.717, 1.165) is 38.8 Å². The highest BCUT2D eigenvalue weighted by atomic mass is 16.6. The summed E-state index contributed by atoms with van der Waals surface area (Å²) in [5.41, 5.74) is 4.56. The van der Waals surface area contributed by atoms with Gasteiger partial charge in [-0.2, -0.15) is 0 Å². The molecule has 4 aromatic rings. The second-order valence-corrected chi connectivity index (χ2v) is 7.84. The first-order chi connectivity index (χ1) is 15.2. The molecular formula is C24H21N3O4. The SMILES string of the molecule is O=c1c2ccccc2cc2n1Cc1c-2nc2cc3c(cc2c1CNCCO)OCCO3. The Hall–Kier alpha value is -3.42. The first-order valence-electron chi connectivity index (χ1n) is 10.4. The van der Waals surface area contributed by atoms with Crippen LogP contribution in [0.25, 0.3) is 33.1 Å². The van der Waals surface area contributed by atoms with Crippen molar-refractivity contribution in [2.24, 2.45) is 0 Å². The smallest absolute Gasteiger partial charge is 0.259 e. The molecule has 0 spiro atoms. The zero-order valence-electron chi connectivity index (χ0n) is 16.9. The molecule has 0 unspecified atom stereocenters. The van der Waals surface area contributed by atoms with E-state index in [1.165, 1.54) is 0 Å². The van der Waals surface area contributed by atoms with Crippen molar-refractivity contribution in [3.05, 3.63) is 63.9 Å². The van der Waals surface area contributed by atoms with Gasteiger partial charge in [-0.25, -0.2) is 4.98 Å². The Morgan fingerprint density at radius 3 is 2.71 bits per heavy atom. The Kier molecular flexibility index (Phi) is 4.19. The molecule has 2 aromatic carbocycles. The number of hydrogen-bond donors (Lipinski definition) is 2. The molecule has 0 radical (unpaired) electrons. The van der Waals surface area contributed by atoms with Gasteiger partial charge in [0, 0.05) is 35.5 Å². The summed E-state index contributed by atoms with van der Waals surface area (Å²) >= 11 is 0. The maximum Gasteiger partial charge on any atom is 0.259 e. The summed E-state index contributed by atoms with van der Waals surface area (Å²) in [4.78, 5) is 18.2. The number of ether oxygens (including phenoxy) is 2. The first kappa shape index (κ1) is 18.4. The molecule has 2 aliphatic heterocycles. The van der Waals surface area contributed by atoms with Crippen LogP contribution < -0.4 is 20.3 Å². The van der Waals surface area contributed by atoms with E-state index in [1.54, 1.807) is 4.57 Å². The fourth-order valence-corrected chi connectivity index (χ4v) is 4.59. The van der Waals surface area contributed by atoms with Crippen LogP contribution in [0.15, 0.2) is 47.3 Å². The highest BCUT2D eigenvalue weighted by Gasteiger charge is 2.27. The molecule has 0 saturated heterocycles. The highest BCUT2D eigenvalue weighted by Crippen LogP contribution is 2.40. The van der Waals surface area contributed by atoms with Gasteiger partial charge in [-0.3, -0.25) is 4.79 Å². The molecule has 0 saturated carbocycles. The third-order valence-corrected chi connectivity index (χ3v) is 6.04. The van der Waals surface area contributed by atoms with Crippen LogP contribution >= 0.6 is 0 Å². The monoisotopic (exact) mass is 415 g/mol. The zero-order chi connectivity index (χ0) is 20.9. The molecule has 7 nitrogen and oxygen atoms in total. The average Bonchev–Trinajstić information content (AvgIpc) is 3.16. The van der Waals surface area contributed by atoms with Gasteiger partial charge in [-0.05, 0) is 29.1 Å². The van der Waals surface area contributed by atoms with E-state index in [0.29, 0.717) is 49.7 Å². The van der Waals surface area contributed by atoms with E-state index in [-0.39, 0.29) is 12.2 Å². The van der Waals surface area contributed by atoms with Gasteiger partial charge in [0.25, 0.3) is 5.56 Å². The molecule has 2 aromatic heterocycles. The lowest BCUT2D eigenvalue weighted by molar-refractivity contribution is 0.172. The van der Waals surface area contributed by atoms with Crippen molar-refractivity contribution in [2.45, 2.75) is 13.1 Å². The average molecular weight is 415 g/mol. The van der Waals surface area contributed by atoms with Crippen molar-refractivity contribution in [1.82, 2.24) is 14.9 Å². The minimum absolute atomic E-state index is 0.00427. The lowest BCUT2D eigenvalue weighted by Crippen LogP contribution is -2.21. The van der Waals surface area contributed by atoms with Crippen molar-refractivity contribution in [3.8, 4) is 22.9 Å². The number of aliphatic hydroxyl groups is 1. The minimum Gasteiger partial charge on any atom is -0.486 e. The highest BCUT2D eigenvalue weighted by molar-refractivity contribution is 5.92. The second kappa shape index (κ2) is 7.08. The summed E-state index contributed by atoms with van der Waals surface area (Å²) in [7, 11) is 0. The molecule has 156 valence electrons. The van der Waals surface area contributed by atoms with Gasteiger partial charge in [0.05, 0.1) is 30.1 Å². The quantitative estimate of drug-likeness (QED) is 0.439. The van der Waals surface area contributed by atoms with Gasteiger partial charge < -0.3 is 24.5 Å². The van der Waals surface area contributed by atoms with Gasteiger partial charge >= 0.3 is 0 Å². The molecule has 0 bridgehead atoms. The van der Waals surface area contributed by atoms with Gasteiger partial charge in [0.2, 0.25) is 0 Å². The standard InChI is InChI=1S/C24H21N3O4/c28-6-5-25-12-17-16-10-21-22(31-8-7-30-21)11-19(16)26-23-18(17)13-27-20(23)9-14-3-1-2-4-15(14)24(27)29/h1-4,9-11,25,28H,5-8,12-13H2. The molecule has 6 rings (SSSR count). The number of fused-ring (bicyclic) bond motifs is 6. The van der Waals surface area contributed by atoms with Crippen molar-refractivity contribution in [1.29, 1.82) is 0 Å². The molecule has 0 atom stereocenters. The summed E-state index contributed by atoms with van der Waals surface area (Å²) in [6, 6.07) is 13.6. The molecule has 2 aliphatic rings. The number of nitrogens with one attached hydrogen (secondary N) is 1. The zero-order valence-corrected chi connectivity index (χ0v) is 16.9. The van der Waals surface area contributed by atoms with Crippen molar-refractivity contribution in [3.63, 3.8) is 0 Å². The molecule has 2 N–H and O–H groups in total. The van der Waals surface area contributed by atoms with E-state index >= 15 is 0 Å². The molecule has 0 fully saturated rings. The van der Waals surface area contributed by atoms with E-state index in [4.69, 9.17) is 14.5 Å². The van der Waals surface area contributed by atoms with Crippen LogP contribution in [0.2, 0.25) is 0 Å².